The molecule has 0 bridgehead atoms. The summed E-state index contributed by atoms with van der Waals surface area (Å²) >= 11 is 0. The lowest BCUT2D eigenvalue weighted by Crippen LogP contribution is -2.51. The molecule has 0 aromatic heterocycles. The molecule has 2 aliphatic rings. The molecule has 5 nitrogen and oxygen atoms in total. The molecule has 0 radical (unpaired) electrons. The Morgan fingerprint density at radius 1 is 1.37 bits per heavy atom. The second-order valence-corrected chi connectivity index (χ2v) is 5.38. The van der Waals surface area contributed by atoms with Crippen LogP contribution in [0.25, 0.3) is 0 Å². The summed E-state index contributed by atoms with van der Waals surface area (Å²) in [4.78, 5) is 24.8. The molecule has 0 aromatic rings. The molecule has 0 aromatic carbocycles. The van der Waals surface area contributed by atoms with Gasteiger partial charge in [-0.15, -0.1) is 0 Å². The highest BCUT2D eigenvalue weighted by Crippen LogP contribution is 2.38. The molecule has 5 heteroatoms. The minimum Gasteiger partial charge on any atom is -0.481 e. The number of amides is 1. The first-order valence-electron chi connectivity index (χ1n) is 6.90. The average molecular weight is 267 g/mol. The van der Waals surface area contributed by atoms with Crippen LogP contribution in [0.3, 0.4) is 0 Å². The van der Waals surface area contributed by atoms with Crippen molar-refractivity contribution >= 4 is 12.1 Å². The number of nitrogens with zero attached hydrogens (tertiary/aromatic N) is 1. The van der Waals surface area contributed by atoms with Crippen LogP contribution < -0.4 is 0 Å². The van der Waals surface area contributed by atoms with Crippen LogP contribution in [0.2, 0.25) is 0 Å². The highest BCUT2D eigenvalue weighted by molar-refractivity contribution is 5.71. The summed E-state index contributed by atoms with van der Waals surface area (Å²) in [6.07, 6.45) is 5.32. The predicted molar refractivity (Wildman–Crippen MR) is 69.7 cm³/mol. The number of rotatable bonds is 3. The summed E-state index contributed by atoms with van der Waals surface area (Å²) in [6.45, 7) is 4.47. The third-order valence-electron chi connectivity index (χ3n) is 4.22. The first kappa shape index (κ1) is 13.9. The third kappa shape index (κ3) is 3.08. The Kier molecular flexibility index (Phi) is 4.45. The lowest BCUT2D eigenvalue weighted by Gasteiger charge is -2.44. The fourth-order valence-electron chi connectivity index (χ4n) is 3.32. The molecule has 1 aliphatic carbocycles. The van der Waals surface area contributed by atoms with Gasteiger partial charge in [0.25, 0.3) is 0 Å². The van der Waals surface area contributed by atoms with E-state index in [4.69, 9.17) is 9.84 Å². The zero-order chi connectivity index (χ0) is 13.8. The zero-order valence-electron chi connectivity index (χ0n) is 11.1. The predicted octanol–water partition coefficient (Wildman–Crippen LogP) is 2.27. The van der Waals surface area contributed by atoms with Crippen molar-refractivity contribution in [2.24, 2.45) is 11.8 Å². The number of hydrogen-bond donors (Lipinski definition) is 1. The number of carboxylic acids is 1. The van der Waals surface area contributed by atoms with Gasteiger partial charge >= 0.3 is 12.1 Å². The standard InChI is InChI=1S/C14H21NO4/c1-2-8-19-14(18)15-7-3-4-10-9-11(13(16)17)5-6-12(10)15/h2,10-12H,1,3-9H2,(H,16,17). The first-order chi connectivity index (χ1) is 9.13. The van der Waals surface area contributed by atoms with Crippen LogP contribution in [0.5, 0.6) is 0 Å². The normalized spacial score (nSPS) is 30.3. The topological polar surface area (TPSA) is 66.8 Å². The number of aliphatic carboxylic acids is 1. The Bertz CT molecular complexity index is 368. The van der Waals surface area contributed by atoms with E-state index in [1.807, 2.05) is 0 Å². The fraction of sp³-hybridized carbons (Fsp3) is 0.714. The first-order valence-corrected chi connectivity index (χ1v) is 6.90. The zero-order valence-corrected chi connectivity index (χ0v) is 11.1. The van der Waals surface area contributed by atoms with E-state index in [1.165, 1.54) is 0 Å². The van der Waals surface area contributed by atoms with Crippen molar-refractivity contribution in [3.05, 3.63) is 12.7 Å². The van der Waals surface area contributed by atoms with Gasteiger partial charge < -0.3 is 14.7 Å². The monoisotopic (exact) mass is 267 g/mol. The van der Waals surface area contributed by atoms with Crippen molar-refractivity contribution in [2.45, 2.75) is 38.1 Å². The van der Waals surface area contributed by atoms with Gasteiger partial charge in [0.15, 0.2) is 0 Å². The molecule has 1 amide bonds. The van der Waals surface area contributed by atoms with E-state index in [1.54, 1.807) is 11.0 Å². The molecule has 1 aliphatic heterocycles. The molecule has 3 unspecified atom stereocenters. The molecule has 19 heavy (non-hydrogen) atoms. The smallest absolute Gasteiger partial charge is 0.410 e. The molecule has 2 rings (SSSR count). The van der Waals surface area contributed by atoms with E-state index in [9.17, 15) is 9.59 Å². The number of piperidine rings is 1. The maximum absolute atomic E-state index is 12.0. The fourth-order valence-corrected chi connectivity index (χ4v) is 3.32. The summed E-state index contributed by atoms with van der Waals surface area (Å²) in [5, 5.41) is 9.10. The van der Waals surface area contributed by atoms with Crippen LogP contribution in [0.4, 0.5) is 4.79 Å². The number of hydrogen-bond acceptors (Lipinski definition) is 3. The highest BCUT2D eigenvalue weighted by atomic mass is 16.6. The van der Waals surface area contributed by atoms with Crippen molar-refractivity contribution in [3.63, 3.8) is 0 Å². The van der Waals surface area contributed by atoms with Crippen LogP contribution in [0, 0.1) is 11.8 Å². The molecule has 106 valence electrons. The Morgan fingerprint density at radius 3 is 2.84 bits per heavy atom. The van der Waals surface area contributed by atoms with E-state index < -0.39 is 5.97 Å². The van der Waals surface area contributed by atoms with Gasteiger partial charge in [-0.3, -0.25) is 4.79 Å². The van der Waals surface area contributed by atoms with Gasteiger partial charge in [-0.05, 0) is 38.0 Å². The lowest BCUT2D eigenvalue weighted by molar-refractivity contribution is -0.144. The molecule has 1 N–H and O–H groups in total. The number of ether oxygens (including phenoxy) is 1. The average Bonchev–Trinajstić information content (AvgIpc) is 2.43. The molecule has 1 saturated carbocycles. The van der Waals surface area contributed by atoms with Gasteiger partial charge in [-0.1, -0.05) is 12.7 Å². The van der Waals surface area contributed by atoms with Crippen LogP contribution in [-0.4, -0.2) is 41.3 Å². The Morgan fingerprint density at radius 2 is 2.16 bits per heavy atom. The van der Waals surface area contributed by atoms with Gasteiger partial charge in [0.2, 0.25) is 0 Å². The van der Waals surface area contributed by atoms with E-state index >= 15 is 0 Å². The summed E-state index contributed by atoms with van der Waals surface area (Å²) in [5.41, 5.74) is 0. The van der Waals surface area contributed by atoms with E-state index in [2.05, 4.69) is 6.58 Å². The molecule has 1 saturated heterocycles. The maximum Gasteiger partial charge on any atom is 0.410 e. The summed E-state index contributed by atoms with van der Waals surface area (Å²) < 4.78 is 5.11. The molecule has 3 atom stereocenters. The quantitative estimate of drug-likeness (QED) is 0.797. The second-order valence-electron chi connectivity index (χ2n) is 5.38. The minimum absolute atomic E-state index is 0.154. The molecular weight excluding hydrogens is 246 g/mol. The van der Waals surface area contributed by atoms with Crippen molar-refractivity contribution < 1.29 is 19.4 Å². The van der Waals surface area contributed by atoms with Crippen molar-refractivity contribution in [1.29, 1.82) is 0 Å². The Hall–Kier alpha value is -1.52. The molecule has 0 spiro atoms. The number of carbonyl (C=O) groups excluding carboxylic acids is 1. The van der Waals surface area contributed by atoms with E-state index in [0.717, 1.165) is 25.8 Å². The Balaban J connectivity index is 1.98. The van der Waals surface area contributed by atoms with Crippen LogP contribution in [0.1, 0.15) is 32.1 Å². The summed E-state index contributed by atoms with van der Waals surface area (Å²) in [5.74, 6) is -0.643. The van der Waals surface area contributed by atoms with Crippen molar-refractivity contribution in [3.8, 4) is 0 Å². The number of carbonyl (C=O) groups is 2. The van der Waals surface area contributed by atoms with Crippen molar-refractivity contribution in [1.82, 2.24) is 4.90 Å². The highest BCUT2D eigenvalue weighted by Gasteiger charge is 2.40. The van der Waals surface area contributed by atoms with Gasteiger partial charge in [0, 0.05) is 12.6 Å². The lowest BCUT2D eigenvalue weighted by atomic mass is 9.73. The molecular formula is C14H21NO4. The van der Waals surface area contributed by atoms with Gasteiger partial charge in [0.1, 0.15) is 6.61 Å². The van der Waals surface area contributed by atoms with E-state index in [0.29, 0.717) is 18.8 Å². The number of carboxylic acid groups (broad SMARTS) is 1. The number of fused-ring (bicyclic) bond motifs is 1. The van der Waals surface area contributed by atoms with Crippen LogP contribution >= 0.6 is 0 Å². The number of likely N-dealkylation sites (tertiary alicyclic amines) is 1. The summed E-state index contributed by atoms with van der Waals surface area (Å²) in [6, 6.07) is 0.154. The summed E-state index contributed by atoms with van der Waals surface area (Å²) in [7, 11) is 0. The van der Waals surface area contributed by atoms with Crippen molar-refractivity contribution in [2.75, 3.05) is 13.2 Å². The third-order valence-corrected chi connectivity index (χ3v) is 4.22. The largest absolute Gasteiger partial charge is 0.481 e. The SMILES string of the molecule is C=CCOC(=O)N1CCCC2CC(C(=O)O)CCC21. The molecule has 2 fully saturated rings. The second kappa shape index (κ2) is 6.08. The minimum atomic E-state index is -0.704. The molecule has 1 heterocycles. The van der Waals surface area contributed by atoms with Crippen LogP contribution in [0.15, 0.2) is 12.7 Å². The van der Waals surface area contributed by atoms with Gasteiger partial charge in [-0.2, -0.15) is 0 Å². The maximum atomic E-state index is 12.0. The van der Waals surface area contributed by atoms with Gasteiger partial charge in [0.05, 0.1) is 5.92 Å². The van der Waals surface area contributed by atoms with Crippen LogP contribution in [-0.2, 0) is 9.53 Å². The van der Waals surface area contributed by atoms with Gasteiger partial charge in [-0.25, -0.2) is 4.79 Å². The van der Waals surface area contributed by atoms with E-state index in [-0.39, 0.29) is 24.7 Å². The Labute approximate surface area is 113 Å².